The van der Waals surface area contributed by atoms with Gasteiger partial charge in [0, 0.05) is 14.1 Å². The zero-order valence-electron chi connectivity index (χ0n) is 9.89. The van der Waals surface area contributed by atoms with E-state index in [-0.39, 0.29) is 5.71 Å². The normalized spacial score (nSPS) is 12.9. The highest BCUT2D eigenvalue weighted by Crippen LogP contribution is 1.89. The summed E-state index contributed by atoms with van der Waals surface area (Å²) in [6.45, 7) is 0. The van der Waals surface area contributed by atoms with Crippen LogP contribution in [0.3, 0.4) is 0 Å². The van der Waals surface area contributed by atoms with Gasteiger partial charge in [0.15, 0.2) is 0 Å². The molecule has 7 heavy (non-hydrogen) atoms. The Balaban J connectivity index is -0.0000000300. The summed E-state index contributed by atoms with van der Waals surface area (Å²) in [7, 11) is 10.5. The predicted molar refractivity (Wildman–Crippen MR) is 36.2 cm³/mol. The molecule has 0 N–H and O–H groups in total. The van der Waals surface area contributed by atoms with Crippen LogP contribution in [0, 0.1) is 0 Å². The van der Waals surface area contributed by atoms with Gasteiger partial charge in [-0.05, 0) is 0 Å². The van der Waals surface area contributed by atoms with Crippen LogP contribution in [-0.2, 0) is 0 Å². The molecular weight excluding hydrogens is 88.1 g/mol. The molecule has 0 aliphatic carbocycles. The van der Waals surface area contributed by atoms with E-state index in [2.05, 4.69) is 40.2 Å². The van der Waals surface area contributed by atoms with Gasteiger partial charge < -0.3 is 0 Å². The molecule has 0 saturated carbocycles. The molecule has 0 saturated heterocycles. The summed E-state index contributed by atoms with van der Waals surface area (Å²) < 4.78 is 0.889. The van der Waals surface area contributed by atoms with Gasteiger partial charge in [-0.2, -0.15) is 5.01 Å². The molecule has 0 radical (unpaired) electrons. The van der Waals surface area contributed by atoms with Gasteiger partial charge in [-0.1, -0.05) is 0 Å². The van der Waals surface area contributed by atoms with Crippen LogP contribution in [-0.4, -0.2) is 44.8 Å². The van der Waals surface area contributed by atoms with E-state index in [9.17, 15) is 0 Å². The second-order valence-electron chi connectivity index (χ2n) is 2.79. The average molecular weight is 107 g/mol. The molecule has 2 nitrogen and oxygen atoms in total. The number of nitrogens with zero attached hydrogens (tertiary/aromatic N) is 2. The first-order valence-electron chi connectivity index (χ1n) is 2.44. The van der Waals surface area contributed by atoms with E-state index in [4.69, 9.17) is 0 Å². The lowest BCUT2D eigenvalue weighted by atomic mass is 10.8. The Morgan fingerprint density at radius 2 is 1.29 bits per heavy atom. The first kappa shape index (κ1) is 6.92. The summed E-state index contributed by atoms with van der Waals surface area (Å²) in [4.78, 5) is 0. The van der Waals surface area contributed by atoms with Crippen LogP contribution >= 0.6 is 0 Å². The van der Waals surface area contributed by atoms with Crippen molar-refractivity contribution in [2.24, 2.45) is 0 Å². The maximum Gasteiger partial charge on any atom is 1.00 e. The second kappa shape index (κ2) is 1.80. The third-order valence-corrected chi connectivity index (χ3v) is 1.20. The van der Waals surface area contributed by atoms with Crippen molar-refractivity contribution in [3.63, 3.8) is 0 Å². The molecule has 0 aromatic heterocycles. The maximum absolute atomic E-state index is 2.12. The van der Waals surface area contributed by atoms with Crippen molar-refractivity contribution in [3.8, 4) is 0 Å². The van der Waals surface area contributed by atoms with Crippen LogP contribution < -0.4 is 0 Å². The molecule has 0 unspecified atom stereocenters. The van der Waals surface area contributed by atoms with Crippen LogP contribution in [0.25, 0.3) is 0 Å². The van der Waals surface area contributed by atoms with Crippen molar-refractivity contribution in [1.29, 1.82) is 0 Å². The first-order valence-corrected chi connectivity index (χ1v) is 2.44. The summed E-state index contributed by atoms with van der Waals surface area (Å²) in [5, 5.41) is 2.12. The van der Waals surface area contributed by atoms with E-state index in [0.717, 1.165) is 4.59 Å². The Morgan fingerprint density at radius 3 is 1.29 bits per heavy atom. The van der Waals surface area contributed by atoms with Crippen molar-refractivity contribution in [3.05, 3.63) is 0 Å². The summed E-state index contributed by atoms with van der Waals surface area (Å²) in [6.07, 6.45) is 0. The molecule has 0 aromatic carbocycles. The van der Waals surface area contributed by atoms with Crippen LogP contribution in [0.1, 0.15) is 5.71 Å². The smallest absolute Gasteiger partial charge is 0.251 e. The molecule has 0 fully saturated rings. The SMILES string of the molecule is CN(C)[N+](C)(C)C.[H+].[H+].[H+].[H+]. The fourth-order valence-corrected chi connectivity index (χ4v) is 0. The number of quaternary nitrogens is 1. The fraction of sp³-hybridized carbons (Fsp3) is 1.00. The minimum absolute atomic E-state index is 0. The van der Waals surface area contributed by atoms with E-state index in [1.807, 2.05) is 0 Å². The molecule has 44 valence electrons. The molecule has 0 atom stereocenters. The minimum atomic E-state index is 0. The lowest BCUT2D eigenvalue weighted by Gasteiger charge is -2.29. The topological polar surface area (TPSA) is 3.24 Å². The number of hydrogen-bond donors (Lipinski definition) is 0. The van der Waals surface area contributed by atoms with Gasteiger partial charge in [0.05, 0.1) is 21.1 Å². The minimum Gasteiger partial charge on any atom is -0.251 e. The summed E-state index contributed by atoms with van der Waals surface area (Å²) in [5.74, 6) is 0. The lowest BCUT2D eigenvalue weighted by Crippen LogP contribution is -2.46. The number of hydrogen-bond acceptors (Lipinski definition) is 1. The standard InChI is InChI=1S/C5H15N2/c1-6(2)7(3,4)5/h1-5H3/q+1/p+4. The van der Waals surface area contributed by atoms with Crippen LogP contribution in [0.15, 0.2) is 0 Å². The van der Waals surface area contributed by atoms with Crippen molar-refractivity contribution >= 4 is 0 Å². The first-order chi connectivity index (χ1) is 2.94. The van der Waals surface area contributed by atoms with Gasteiger partial charge >= 0.3 is 5.71 Å². The molecule has 0 amide bonds. The van der Waals surface area contributed by atoms with E-state index >= 15 is 0 Å². The molecule has 0 heterocycles. The van der Waals surface area contributed by atoms with Gasteiger partial charge in [-0.25, -0.2) is 0 Å². The molecule has 2 heteroatoms. The van der Waals surface area contributed by atoms with Crippen molar-refractivity contribution < 1.29 is 10.3 Å². The zero-order valence-corrected chi connectivity index (χ0v) is 5.89. The maximum atomic E-state index is 2.12. The van der Waals surface area contributed by atoms with Crippen LogP contribution in [0.5, 0.6) is 0 Å². The van der Waals surface area contributed by atoms with Gasteiger partial charge in [0.2, 0.25) is 0 Å². The van der Waals surface area contributed by atoms with Crippen molar-refractivity contribution in [1.82, 2.24) is 5.01 Å². The number of rotatable bonds is 1. The highest BCUT2D eigenvalue weighted by atomic mass is 15.7. The summed E-state index contributed by atoms with van der Waals surface area (Å²) in [5.41, 5.74) is 0. The molecule has 0 bridgehead atoms. The van der Waals surface area contributed by atoms with E-state index in [0.29, 0.717) is 0 Å². The Hall–Kier alpha value is -0.0800. The van der Waals surface area contributed by atoms with E-state index in [1.54, 1.807) is 0 Å². The monoisotopic (exact) mass is 107 g/mol. The van der Waals surface area contributed by atoms with Crippen molar-refractivity contribution in [2.45, 2.75) is 0 Å². The Kier molecular flexibility index (Phi) is 1.78. The summed E-state index contributed by atoms with van der Waals surface area (Å²) in [6, 6.07) is 0. The highest BCUT2D eigenvalue weighted by Gasteiger charge is 2.07. The lowest BCUT2D eigenvalue weighted by molar-refractivity contribution is -0.980. The third kappa shape index (κ3) is 2.60. The highest BCUT2D eigenvalue weighted by molar-refractivity contribution is 4.06. The van der Waals surface area contributed by atoms with Crippen LogP contribution in [0.4, 0.5) is 0 Å². The molecule has 0 aromatic rings. The van der Waals surface area contributed by atoms with Crippen LogP contribution in [0.2, 0.25) is 0 Å². The predicted octanol–water partition coefficient (Wildman–Crippen LogP) is 0.619. The average Bonchev–Trinajstić information content (AvgIpc) is 1.31. The van der Waals surface area contributed by atoms with Gasteiger partial charge in [0.1, 0.15) is 0 Å². The molecular formula is C5H19N2+5. The Bertz CT molecular complexity index is 62.0. The molecule has 0 rings (SSSR count). The van der Waals surface area contributed by atoms with Crippen molar-refractivity contribution in [2.75, 3.05) is 35.2 Å². The Labute approximate surface area is 51.8 Å². The van der Waals surface area contributed by atoms with Gasteiger partial charge in [-0.3, -0.25) is 4.59 Å². The summed E-state index contributed by atoms with van der Waals surface area (Å²) >= 11 is 0. The van der Waals surface area contributed by atoms with E-state index < -0.39 is 0 Å². The second-order valence-corrected chi connectivity index (χ2v) is 2.79. The molecule has 0 spiro atoms. The fourth-order valence-electron chi connectivity index (χ4n) is 0. The quantitative estimate of drug-likeness (QED) is 0.351. The molecule has 0 aliphatic rings. The zero-order chi connectivity index (χ0) is 6.08. The molecule has 0 aliphatic heterocycles. The van der Waals surface area contributed by atoms with Gasteiger partial charge in [0.25, 0.3) is 0 Å². The van der Waals surface area contributed by atoms with E-state index in [1.165, 1.54) is 0 Å². The largest absolute Gasteiger partial charge is 1.00 e. The third-order valence-electron chi connectivity index (χ3n) is 1.20. The Morgan fingerprint density at radius 1 is 1.14 bits per heavy atom. The van der Waals surface area contributed by atoms with Gasteiger partial charge in [-0.15, -0.1) is 0 Å².